The second kappa shape index (κ2) is 5.92. The van der Waals surface area contributed by atoms with Crippen molar-refractivity contribution in [1.82, 2.24) is 4.98 Å². The fraction of sp³-hybridized carbons (Fsp3) is 0.625. The Labute approximate surface area is 120 Å². The lowest BCUT2D eigenvalue weighted by Gasteiger charge is -2.25. The van der Waals surface area contributed by atoms with E-state index in [9.17, 15) is 4.79 Å². The second-order valence-corrected chi connectivity index (χ2v) is 5.84. The first-order chi connectivity index (χ1) is 9.54. The van der Waals surface area contributed by atoms with Crippen LogP contribution in [0.1, 0.15) is 42.5 Å². The molecule has 0 aromatic carbocycles. The van der Waals surface area contributed by atoms with Crippen LogP contribution in [0.4, 0.5) is 0 Å². The molecule has 1 aromatic heterocycles. The second-order valence-electron chi connectivity index (χ2n) is 5.84. The van der Waals surface area contributed by atoms with Gasteiger partial charge >= 0.3 is 0 Å². The minimum Gasteiger partial charge on any atom is -0.496 e. The van der Waals surface area contributed by atoms with Gasteiger partial charge in [-0.15, -0.1) is 0 Å². The molecule has 20 heavy (non-hydrogen) atoms. The van der Waals surface area contributed by atoms with Gasteiger partial charge < -0.3 is 10.5 Å². The van der Waals surface area contributed by atoms with E-state index in [-0.39, 0.29) is 11.2 Å². The molecule has 1 heterocycles. The lowest BCUT2D eigenvalue weighted by molar-refractivity contribution is -0.127. The first-order valence-corrected chi connectivity index (χ1v) is 7.26. The molecule has 110 valence electrons. The average Bonchev–Trinajstić information content (AvgIpc) is 2.92. The number of hydrogen-bond acceptors (Lipinski definition) is 4. The molecule has 2 rings (SSSR count). The molecular formula is C16H24N2O2. The molecule has 0 unspecified atom stereocenters. The van der Waals surface area contributed by atoms with Gasteiger partial charge in [-0.05, 0) is 26.7 Å². The molecule has 0 spiro atoms. The first-order valence-electron chi connectivity index (χ1n) is 7.26. The number of rotatable bonds is 5. The van der Waals surface area contributed by atoms with Crippen LogP contribution in [-0.4, -0.2) is 24.4 Å². The third-order valence-corrected chi connectivity index (χ3v) is 4.62. The maximum Gasteiger partial charge on any atom is 0.146 e. The SMILES string of the molecule is COc1c(C)cnc(CC(=O)C2(CN)CCCC2)c1C. The minimum atomic E-state index is -0.313. The minimum absolute atomic E-state index is 0.235. The Morgan fingerprint density at radius 2 is 2.05 bits per heavy atom. The number of carbonyl (C=O) groups excluding carboxylic acids is 1. The number of ether oxygens (including phenoxy) is 1. The highest BCUT2D eigenvalue weighted by atomic mass is 16.5. The number of aromatic nitrogens is 1. The Hall–Kier alpha value is -1.42. The van der Waals surface area contributed by atoms with Crippen molar-refractivity contribution in [3.63, 3.8) is 0 Å². The van der Waals surface area contributed by atoms with E-state index in [1.165, 1.54) is 0 Å². The summed E-state index contributed by atoms with van der Waals surface area (Å²) in [4.78, 5) is 17.1. The fourth-order valence-corrected chi connectivity index (χ4v) is 3.24. The largest absolute Gasteiger partial charge is 0.496 e. The zero-order chi connectivity index (χ0) is 14.8. The molecule has 0 saturated heterocycles. The normalized spacial score (nSPS) is 17.2. The number of Topliss-reactive ketones (excluding diaryl/α,β-unsaturated/α-hetero) is 1. The van der Waals surface area contributed by atoms with E-state index in [4.69, 9.17) is 10.5 Å². The van der Waals surface area contributed by atoms with E-state index < -0.39 is 0 Å². The van der Waals surface area contributed by atoms with Gasteiger partial charge in [0.15, 0.2) is 0 Å². The van der Waals surface area contributed by atoms with Crippen LogP contribution in [-0.2, 0) is 11.2 Å². The topological polar surface area (TPSA) is 65.2 Å². The molecule has 1 saturated carbocycles. The summed E-state index contributed by atoms with van der Waals surface area (Å²) in [6.07, 6.45) is 6.19. The molecule has 2 N–H and O–H groups in total. The van der Waals surface area contributed by atoms with E-state index in [1.54, 1.807) is 13.3 Å². The van der Waals surface area contributed by atoms with Crippen LogP contribution in [0.15, 0.2) is 6.20 Å². The molecule has 0 amide bonds. The van der Waals surface area contributed by atoms with Crippen molar-refractivity contribution in [3.05, 3.63) is 23.0 Å². The predicted octanol–water partition coefficient (Wildman–Crippen LogP) is 2.34. The summed E-state index contributed by atoms with van der Waals surface area (Å²) in [6, 6.07) is 0. The molecule has 1 aromatic rings. The summed E-state index contributed by atoms with van der Waals surface area (Å²) in [6.45, 7) is 4.38. The number of carbonyl (C=O) groups is 1. The Kier molecular flexibility index (Phi) is 4.43. The summed E-state index contributed by atoms with van der Waals surface area (Å²) >= 11 is 0. The zero-order valence-electron chi connectivity index (χ0n) is 12.7. The van der Waals surface area contributed by atoms with E-state index in [1.807, 2.05) is 13.8 Å². The number of pyridine rings is 1. The van der Waals surface area contributed by atoms with Crippen molar-refractivity contribution in [2.75, 3.05) is 13.7 Å². The molecular weight excluding hydrogens is 252 g/mol. The summed E-state index contributed by atoms with van der Waals surface area (Å²) < 4.78 is 5.40. The quantitative estimate of drug-likeness (QED) is 0.896. The zero-order valence-corrected chi connectivity index (χ0v) is 12.7. The summed E-state index contributed by atoms with van der Waals surface area (Å²) in [5.41, 5.74) is 8.34. The van der Waals surface area contributed by atoms with Crippen molar-refractivity contribution in [2.24, 2.45) is 11.1 Å². The van der Waals surface area contributed by atoms with Crippen LogP contribution >= 0.6 is 0 Å². The van der Waals surface area contributed by atoms with Crippen molar-refractivity contribution in [1.29, 1.82) is 0 Å². The number of hydrogen-bond donors (Lipinski definition) is 1. The van der Waals surface area contributed by atoms with Crippen molar-refractivity contribution >= 4 is 5.78 Å². The number of methoxy groups -OCH3 is 1. The third-order valence-electron chi connectivity index (χ3n) is 4.62. The van der Waals surface area contributed by atoms with Crippen LogP contribution in [0.2, 0.25) is 0 Å². The Morgan fingerprint density at radius 1 is 1.40 bits per heavy atom. The van der Waals surface area contributed by atoms with Gasteiger partial charge in [-0.2, -0.15) is 0 Å². The molecule has 1 fully saturated rings. The number of nitrogens with two attached hydrogens (primary N) is 1. The van der Waals surface area contributed by atoms with Gasteiger partial charge in [0.1, 0.15) is 11.5 Å². The molecule has 0 bridgehead atoms. The average molecular weight is 276 g/mol. The van der Waals surface area contributed by atoms with Gasteiger partial charge in [-0.25, -0.2) is 0 Å². The Morgan fingerprint density at radius 3 is 2.60 bits per heavy atom. The maximum atomic E-state index is 12.6. The molecule has 0 atom stereocenters. The van der Waals surface area contributed by atoms with Crippen LogP contribution < -0.4 is 10.5 Å². The van der Waals surface area contributed by atoms with Gasteiger partial charge in [0.2, 0.25) is 0 Å². The van der Waals surface area contributed by atoms with Gasteiger partial charge in [0.25, 0.3) is 0 Å². The summed E-state index contributed by atoms with van der Waals surface area (Å²) in [5, 5.41) is 0. The highest BCUT2D eigenvalue weighted by molar-refractivity contribution is 5.87. The molecule has 0 radical (unpaired) electrons. The van der Waals surface area contributed by atoms with Crippen LogP contribution in [0.3, 0.4) is 0 Å². The molecule has 1 aliphatic carbocycles. The van der Waals surface area contributed by atoms with E-state index >= 15 is 0 Å². The lowest BCUT2D eigenvalue weighted by Crippen LogP contribution is -2.37. The third kappa shape index (κ3) is 2.57. The smallest absolute Gasteiger partial charge is 0.146 e. The van der Waals surface area contributed by atoms with Gasteiger partial charge in [-0.1, -0.05) is 12.8 Å². The van der Waals surface area contributed by atoms with Gasteiger partial charge in [0.05, 0.1) is 12.8 Å². The predicted molar refractivity (Wildman–Crippen MR) is 78.9 cm³/mol. The molecule has 1 aliphatic rings. The standard InChI is InChI=1S/C16H24N2O2/c1-11-9-18-13(12(2)15(11)20-3)8-14(19)16(10-17)6-4-5-7-16/h9H,4-8,10,17H2,1-3H3. The Balaban J connectivity index is 2.24. The van der Waals surface area contributed by atoms with Crippen LogP contribution in [0.5, 0.6) is 5.75 Å². The van der Waals surface area contributed by atoms with E-state index in [2.05, 4.69) is 4.98 Å². The maximum absolute atomic E-state index is 12.6. The monoisotopic (exact) mass is 276 g/mol. The van der Waals surface area contributed by atoms with Gasteiger partial charge in [0, 0.05) is 35.7 Å². The Bertz CT molecular complexity index is 505. The van der Waals surface area contributed by atoms with Crippen molar-refractivity contribution in [2.45, 2.75) is 46.0 Å². The van der Waals surface area contributed by atoms with Crippen LogP contribution in [0, 0.1) is 19.3 Å². The molecule has 4 heteroatoms. The molecule has 0 aliphatic heterocycles. The van der Waals surface area contributed by atoms with Crippen molar-refractivity contribution in [3.8, 4) is 5.75 Å². The van der Waals surface area contributed by atoms with E-state index in [0.29, 0.717) is 13.0 Å². The number of aryl methyl sites for hydroxylation is 1. The van der Waals surface area contributed by atoms with Crippen molar-refractivity contribution < 1.29 is 9.53 Å². The van der Waals surface area contributed by atoms with E-state index in [0.717, 1.165) is 48.3 Å². The highest BCUT2D eigenvalue weighted by Gasteiger charge is 2.39. The fourth-order valence-electron chi connectivity index (χ4n) is 3.24. The highest BCUT2D eigenvalue weighted by Crippen LogP contribution is 2.39. The number of ketones is 1. The first kappa shape index (κ1) is 15.0. The van der Waals surface area contributed by atoms with Crippen LogP contribution in [0.25, 0.3) is 0 Å². The lowest BCUT2D eigenvalue weighted by atomic mass is 9.79. The van der Waals surface area contributed by atoms with Gasteiger partial charge in [-0.3, -0.25) is 9.78 Å². The molecule has 4 nitrogen and oxygen atoms in total. The summed E-state index contributed by atoms with van der Waals surface area (Å²) in [5.74, 6) is 1.06. The summed E-state index contributed by atoms with van der Waals surface area (Å²) in [7, 11) is 1.65. The number of nitrogens with zero attached hydrogens (tertiary/aromatic N) is 1.